The van der Waals surface area contributed by atoms with Crippen LogP contribution in [0.15, 0.2) is 59.6 Å². The van der Waals surface area contributed by atoms with E-state index in [9.17, 15) is 13.2 Å². The maximum atomic E-state index is 15.3. The number of rotatable bonds is 11. The van der Waals surface area contributed by atoms with E-state index in [1.807, 2.05) is 30.3 Å². The van der Waals surface area contributed by atoms with Crippen molar-refractivity contribution in [1.29, 1.82) is 0 Å². The minimum Gasteiger partial charge on any atom is -0.443 e. The van der Waals surface area contributed by atoms with Crippen LogP contribution in [-0.4, -0.2) is 81.7 Å². The first kappa shape index (κ1) is 31.5. The second kappa shape index (κ2) is 13.5. The smallest absolute Gasteiger partial charge is 0.419 e. The highest BCUT2D eigenvalue weighted by Gasteiger charge is 2.48. The highest BCUT2D eigenvalue weighted by atomic mass is 32.2. The number of benzene rings is 2. The van der Waals surface area contributed by atoms with Crippen molar-refractivity contribution in [3.8, 4) is 0 Å². The Balaban J connectivity index is 2.05. The molecule has 0 aromatic heterocycles. The summed E-state index contributed by atoms with van der Waals surface area (Å²) in [6.07, 6.45) is -0.834. The van der Waals surface area contributed by atoms with Gasteiger partial charge in [0.25, 0.3) is 0 Å². The number of aliphatic imine (C=N–C) groups is 1. The van der Waals surface area contributed by atoms with Gasteiger partial charge in [-0.2, -0.15) is 0 Å². The average Bonchev–Trinajstić information content (AvgIpc) is 2.88. The van der Waals surface area contributed by atoms with E-state index in [0.29, 0.717) is 0 Å². The number of carbonyl (C=O) groups is 1. The summed E-state index contributed by atoms with van der Waals surface area (Å²) in [5.41, 5.74) is -1.46. The van der Waals surface area contributed by atoms with Crippen LogP contribution in [-0.2, 0) is 41.1 Å². The summed E-state index contributed by atoms with van der Waals surface area (Å²) in [4.78, 5) is 19.1. The van der Waals surface area contributed by atoms with Crippen LogP contribution in [0, 0.1) is 5.82 Å². The summed E-state index contributed by atoms with van der Waals surface area (Å²) in [5.74, 6) is -1.39. The lowest BCUT2D eigenvalue weighted by molar-refractivity contribution is -0.00425. The molecule has 2 aromatic rings. The zero-order chi connectivity index (χ0) is 29.4. The van der Waals surface area contributed by atoms with Gasteiger partial charge in [-0.1, -0.05) is 48.5 Å². The second-order valence-electron chi connectivity index (χ2n) is 10.4. The molecule has 1 atom stereocenters. The fourth-order valence-corrected chi connectivity index (χ4v) is 5.65. The quantitative estimate of drug-likeness (QED) is 0.291. The number of nitrogens with zero attached hydrogens (tertiary/aromatic N) is 3. The van der Waals surface area contributed by atoms with Crippen LogP contribution in [0.3, 0.4) is 0 Å². The molecule has 0 fully saturated rings. The predicted molar refractivity (Wildman–Crippen MR) is 149 cm³/mol. The molecule has 1 aliphatic rings. The van der Waals surface area contributed by atoms with Crippen molar-refractivity contribution in [2.24, 2.45) is 4.99 Å². The molecule has 12 heteroatoms. The minimum atomic E-state index is -4.08. The topological polar surface area (TPSA) is 107 Å². The molecule has 0 saturated heterocycles. The highest BCUT2D eigenvalue weighted by molar-refractivity contribution is 7.89. The SMILES string of the molecule is COCCOCN(C(=O)OC(C)(C)C)C1=NC(CCOCc2ccccc2)(c2ccccc2F)CS(=O)(=O)N1C. The number of ether oxygens (including phenoxy) is 4. The van der Waals surface area contributed by atoms with Gasteiger partial charge in [-0.15, -0.1) is 0 Å². The molecule has 0 N–H and O–H groups in total. The van der Waals surface area contributed by atoms with Crippen LogP contribution in [0.2, 0.25) is 0 Å². The summed E-state index contributed by atoms with van der Waals surface area (Å²) in [5, 5.41) is 0. The Bertz CT molecular complexity index is 1270. The van der Waals surface area contributed by atoms with Gasteiger partial charge in [0.05, 0.1) is 25.6 Å². The molecule has 0 saturated carbocycles. The van der Waals surface area contributed by atoms with E-state index >= 15 is 4.39 Å². The Morgan fingerprint density at radius 3 is 2.38 bits per heavy atom. The third-order valence-corrected chi connectivity index (χ3v) is 7.93. The fraction of sp³-hybridized carbons (Fsp3) is 0.500. The average molecular weight is 580 g/mol. The van der Waals surface area contributed by atoms with E-state index in [4.69, 9.17) is 23.9 Å². The first-order valence-corrected chi connectivity index (χ1v) is 14.5. The normalized spacial score (nSPS) is 18.8. The Labute approximate surface area is 235 Å². The molecule has 0 bridgehead atoms. The van der Waals surface area contributed by atoms with Gasteiger partial charge >= 0.3 is 6.09 Å². The van der Waals surface area contributed by atoms with E-state index in [1.54, 1.807) is 26.8 Å². The number of amides is 1. The second-order valence-corrected chi connectivity index (χ2v) is 12.4. The number of halogens is 1. The van der Waals surface area contributed by atoms with Gasteiger partial charge in [0.2, 0.25) is 16.0 Å². The Morgan fingerprint density at radius 2 is 1.73 bits per heavy atom. The summed E-state index contributed by atoms with van der Waals surface area (Å²) < 4.78 is 65.3. The van der Waals surface area contributed by atoms with Crippen molar-refractivity contribution >= 4 is 22.1 Å². The number of carbonyl (C=O) groups excluding carboxylic acids is 1. The minimum absolute atomic E-state index is 0.0318. The standard InChI is InChI=1S/C28H38FN3O7S/c1-27(2,3)39-26(33)32(21-38-18-17-36-5)25-30-28(20-40(34,35)31(25)4,23-13-9-10-14-24(23)29)15-16-37-19-22-11-7-6-8-12-22/h6-14H,15-21H2,1-5H3. The zero-order valence-corrected chi connectivity index (χ0v) is 24.4. The molecule has 2 aromatic carbocycles. The lowest BCUT2D eigenvalue weighted by atomic mass is 9.88. The molecular weight excluding hydrogens is 541 g/mol. The monoisotopic (exact) mass is 579 g/mol. The first-order valence-electron chi connectivity index (χ1n) is 12.9. The molecule has 0 aliphatic carbocycles. The molecule has 220 valence electrons. The molecule has 40 heavy (non-hydrogen) atoms. The first-order chi connectivity index (χ1) is 18.9. The third-order valence-electron chi connectivity index (χ3n) is 6.09. The Kier molecular flexibility index (Phi) is 10.6. The molecule has 3 rings (SSSR count). The van der Waals surface area contributed by atoms with Crippen molar-refractivity contribution < 1.29 is 36.6 Å². The van der Waals surface area contributed by atoms with E-state index in [1.165, 1.54) is 32.4 Å². The number of sulfonamides is 1. The Morgan fingerprint density at radius 1 is 1.05 bits per heavy atom. The van der Waals surface area contributed by atoms with Gasteiger partial charge in [0.1, 0.15) is 23.7 Å². The van der Waals surface area contributed by atoms with Crippen LogP contribution >= 0.6 is 0 Å². The van der Waals surface area contributed by atoms with E-state index in [0.717, 1.165) is 14.8 Å². The largest absolute Gasteiger partial charge is 0.443 e. The molecule has 0 spiro atoms. The Hall–Kier alpha value is -3.06. The third kappa shape index (κ3) is 8.23. The molecule has 1 aliphatic heterocycles. The molecule has 1 heterocycles. The number of hydrogen-bond acceptors (Lipinski definition) is 8. The lowest BCUT2D eigenvalue weighted by Gasteiger charge is -2.41. The van der Waals surface area contributed by atoms with Crippen LogP contribution < -0.4 is 0 Å². The number of methoxy groups -OCH3 is 1. The van der Waals surface area contributed by atoms with Crippen LogP contribution in [0.1, 0.15) is 38.3 Å². The molecule has 1 unspecified atom stereocenters. The van der Waals surface area contributed by atoms with Gasteiger partial charge in [0.15, 0.2) is 0 Å². The molecule has 10 nitrogen and oxygen atoms in total. The maximum Gasteiger partial charge on any atom is 0.419 e. The van der Waals surface area contributed by atoms with Crippen molar-refractivity contribution in [2.45, 2.75) is 44.9 Å². The van der Waals surface area contributed by atoms with Gasteiger partial charge in [-0.25, -0.2) is 31.8 Å². The van der Waals surface area contributed by atoms with E-state index < -0.39 is 38.8 Å². The highest BCUT2D eigenvalue weighted by Crippen LogP contribution is 2.38. The molecule has 0 radical (unpaired) electrons. The zero-order valence-electron chi connectivity index (χ0n) is 23.6. The van der Waals surface area contributed by atoms with Crippen molar-refractivity contribution in [1.82, 2.24) is 9.21 Å². The molecule has 1 amide bonds. The van der Waals surface area contributed by atoms with Crippen molar-refractivity contribution in [2.75, 3.05) is 46.5 Å². The van der Waals surface area contributed by atoms with E-state index in [-0.39, 0.29) is 51.1 Å². The van der Waals surface area contributed by atoms with Crippen LogP contribution in [0.4, 0.5) is 9.18 Å². The molecular formula is C28H38FN3O7S. The maximum absolute atomic E-state index is 15.3. The van der Waals surface area contributed by atoms with E-state index in [2.05, 4.69) is 0 Å². The number of hydrogen-bond donors (Lipinski definition) is 0. The summed E-state index contributed by atoms with van der Waals surface area (Å²) in [6.45, 7) is 5.44. The van der Waals surface area contributed by atoms with Gasteiger partial charge < -0.3 is 18.9 Å². The van der Waals surface area contributed by atoms with Gasteiger partial charge in [-0.3, -0.25) is 0 Å². The van der Waals surface area contributed by atoms with Crippen LogP contribution in [0.25, 0.3) is 0 Å². The summed E-state index contributed by atoms with van der Waals surface area (Å²) in [7, 11) is -1.29. The van der Waals surface area contributed by atoms with Crippen LogP contribution in [0.5, 0.6) is 0 Å². The number of guanidine groups is 1. The summed E-state index contributed by atoms with van der Waals surface area (Å²) in [6, 6.07) is 15.4. The van der Waals surface area contributed by atoms with Gasteiger partial charge in [-0.05, 0) is 32.4 Å². The predicted octanol–water partition coefficient (Wildman–Crippen LogP) is 4.12. The lowest BCUT2D eigenvalue weighted by Crippen LogP contribution is -2.57. The van der Waals surface area contributed by atoms with Crippen molar-refractivity contribution in [3.05, 3.63) is 71.5 Å². The fourth-order valence-electron chi connectivity index (χ4n) is 4.10. The van der Waals surface area contributed by atoms with Crippen molar-refractivity contribution in [3.63, 3.8) is 0 Å². The van der Waals surface area contributed by atoms with Gasteiger partial charge in [0, 0.05) is 32.7 Å². The summed E-state index contributed by atoms with van der Waals surface area (Å²) >= 11 is 0.